The van der Waals surface area contributed by atoms with Crippen molar-refractivity contribution in [3.8, 4) is 0 Å². The third-order valence-electron chi connectivity index (χ3n) is 5.60. The second kappa shape index (κ2) is 8.65. The van der Waals surface area contributed by atoms with Crippen LogP contribution in [-0.4, -0.2) is 29.3 Å². The Balaban J connectivity index is 1.83. The summed E-state index contributed by atoms with van der Waals surface area (Å²) in [7, 11) is 0. The quantitative estimate of drug-likeness (QED) is 0.676. The molecular formula is C23H26FN3O3. The number of hydrogen-bond acceptors (Lipinski definition) is 3. The minimum atomic E-state index is -1.29. The van der Waals surface area contributed by atoms with Gasteiger partial charge in [0.05, 0.1) is 0 Å². The van der Waals surface area contributed by atoms with Crippen LogP contribution in [0.4, 0.5) is 14.9 Å². The normalized spacial score (nSPS) is 18.5. The summed E-state index contributed by atoms with van der Waals surface area (Å²) in [4.78, 5) is 39.5. The number of halogens is 1. The van der Waals surface area contributed by atoms with Gasteiger partial charge in [-0.05, 0) is 55.2 Å². The second-order valence-electron chi connectivity index (χ2n) is 7.63. The molecule has 0 radical (unpaired) electrons. The summed E-state index contributed by atoms with van der Waals surface area (Å²) in [5.74, 6) is -1.38. The Labute approximate surface area is 175 Å². The Hall–Kier alpha value is -3.22. The van der Waals surface area contributed by atoms with Gasteiger partial charge in [0.15, 0.2) is 0 Å². The number of rotatable bonds is 7. The third-order valence-corrected chi connectivity index (χ3v) is 5.60. The molecule has 1 heterocycles. The van der Waals surface area contributed by atoms with Gasteiger partial charge in [0.1, 0.15) is 17.9 Å². The van der Waals surface area contributed by atoms with Crippen molar-refractivity contribution in [2.24, 2.45) is 0 Å². The van der Waals surface area contributed by atoms with Gasteiger partial charge in [-0.15, -0.1) is 0 Å². The van der Waals surface area contributed by atoms with Crippen molar-refractivity contribution in [3.63, 3.8) is 0 Å². The molecule has 2 aromatic rings. The molecule has 3 rings (SSSR count). The Morgan fingerprint density at radius 2 is 1.83 bits per heavy atom. The molecule has 4 amide bonds. The van der Waals surface area contributed by atoms with E-state index in [2.05, 4.69) is 10.6 Å². The van der Waals surface area contributed by atoms with E-state index in [1.54, 1.807) is 6.07 Å². The number of carbonyl (C=O) groups is 3. The zero-order valence-corrected chi connectivity index (χ0v) is 17.4. The summed E-state index contributed by atoms with van der Waals surface area (Å²) in [6.45, 7) is 5.41. The summed E-state index contributed by atoms with van der Waals surface area (Å²) in [5, 5.41) is 5.54. The van der Waals surface area contributed by atoms with Gasteiger partial charge in [-0.25, -0.2) is 9.18 Å². The van der Waals surface area contributed by atoms with Gasteiger partial charge < -0.3 is 10.6 Å². The number of amides is 4. The molecule has 6 nitrogen and oxygen atoms in total. The Morgan fingerprint density at radius 1 is 1.13 bits per heavy atom. The Morgan fingerprint density at radius 3 is 2.50 bits per heavy atom. The fourth-order valence-corrected chi connectivity index (χ4v) is 3.68. The summed E-state index contributed by atoms with van der Waals surface area (Å²) >= 11 is 0. The van der Waals surface area contributed by atoms with E-state index in [-0.39, 0.29) is 0 Å². The van der Waals surface area contributed by atoms with Gasteiger partial charge in [0, 0.05) is 5.69 Å². The van der Waals surface area contributed by atoms with E-state index in [4.69, 9.17) is 0 Å². The monoisotopic (exact) mass is 411 g/mol. The molecule has 1 atom stereocenters. The first-order valence-electron chi connectivity index (χ1n) is 10.0. The van der Waals surface area contributed by atoms with Crippen LogP contribution >= 0.6 is 0 Å². The van der Waals surface area contributed by atoms with E-state index in [1.165, 1.54) is 24.3 Å². The highest BCUT2D eigenvalue weighted by atomic mass is 19.1. The van der Waals surface area contributed by atoms with Gasteiger partial charge in [-0.2, -0.15) is 0 Å². The standard InChI is InChI=1S/C23H26FN3O3/c1-4-5-13-23(17-9-11-18(24)12-10-17)21(29)27(22(30)26-23)14-20(28)25-19-8-6-7-15(2)16(19)3/h6-12H,4-5,13-14H2,1-3H3,(H,25,28)(H,26,30)/t23-/m1/s1. The first-order valence-corrected chi connectivity index (χ1v) is 10.0. The number of carbonyl (C=O) groups excluding carboxylic acids is 3. The molecule has 2 N–H and O–H groups in total. The fourth-order valence-electron chi connectivity index (χ4n) is 3.68. The highest BCUT2D eigenvalue weighted by Crippen LogP contribution is 2.34. The van der Waals surface area contributed by atoms with Crippen molar-refractivity contribution >= 4 is 23.5 Å². The summed E-state index contributed by atoms with van der Waals surface area (Å²) in [6.07, 6.45) is 1.87. The average molecular weight is 411 g/mol. The number of imide groups is 1. The predicted octanol–water partition coefficient (Wildman–Crippen LogP) is 4.02. The van der Waals surface area contributed by atoms with Crippen LogP contribution in [0, 0.1) is 19.7 Å². The number of urea groups is 1. The highest BCUT2D eigenvalue weighted by molar-refractivity contribution is 6.10. The van der Waals surface area contributed by atoms with Crippen molar-refractivity contribution in [2.45, 2.75) is 45.6 Å². The number of hydrogen-bond donors (Lipinski definition) is 2. The smallest absolute Gasteiger partial charge is 0.324 e. The van der Waals surface area contributed by atoms with Crippen LogP contribution in [0.2, 0.25) is 0 Å². The lowest BCUT2D eigenvalue weighted by Gasteiger charge is -2.27. The number of nitrogens with one attached hydrogen (secondary N) is 2. The molecule has 2 aromatic carbocycles. The van der Waals surface area contributed by atoms with E-state index >= 15 is 0 Å². The number of unbranched alkanes of at least 4 members (excludes halogenated alkanes) is 1. The Bertz CT molecular complexity index is 974. The lowest BCUT2D eigenvalue weighted by molar-refractivity contribution is -0.134. The number of benzene rings is 2. The second-order valence-corrected chi connectivity index (χ2v) is 7.63. The highest BCUT2D eigenvalue weighted by Gasteiger charge is 2.52. The maximum Gasteiger partial charge on any atom is 0.325 e. The zero-order valence-electron chi connectivity index (χ0n) is 17.4. The lowest BCUT2D eigenvalue weighted by Crippen LogP contribution is -2.44. The van der Waals surface area contributed by atoms with E-state index in [1.807, 2.05) is 32.9 Å². The molecule has 0 aromatic heterocycles. The molecule has 0 spiro atoms. The molecule has 158 valence electrons. The van der Waals surface area contributed by atoms with Crippen LogP contribution in [0.25, 0.3) is 0 Å². The first kappa shape index (κ1) is 21.5. The van der Waals surface area contributed by atoms with E-state index in [9.17, 15) is 18.8 Å². The maximum atomic E-state index is 13.4. The topological polar surface area (TPSA) is 78.5 Å². The molecule has 30 heavy (non-hydrogen) atoms. The SMILES string of the molecule is CCCC[C@]1(c2ccc(F)cc2)NC(=O)N(CC(=O)Nc2cccc(C)c2C)C1=O. The molecule has 1 aliphatic heterocycles. The minimum Gasteiger partial charge on any atom is -0.324 e. The number of nitrogens with zero attached hydrogens (tertiary/aromatic N) is 1. The van der Waals surface area contributed by atoms with Crippen LogP contribution in [0.1, 0.15) is 42.9 Å². The van der Waals surface area contributed by atoms with Gasteiger partial charge in [0.25, 0.3) is 5.91 Å². The van der Waals surface area contributed by atoms with Gasteiger partial charge in [0.2, 0.25) is 5.91 Å². The summed E-state index contributed by atoms with van der Waals surface area (Å²) in [6, 6.07) is 10.4. The van der Waals surface area contributed by atoms with Crippen molar-refractivity contribution in [2.75, 3.05) is 11.9 Å². The maximum absolute atomic E-state index is 13.4. The molecule has 1 fully saturated rings. The van der Waals surface area contributed by atoms with Crippen molar-refractivity contribution in [1.82, 2.24) is 10.2 Å². The molecule has 1 saturated heterocycles. The van der Waals surface area contributed by atoms with E-state index in [0.717, 1.165) is 22.4 Å². The van der Waals surface area contributed by atoms with Gasteiger partial charge >= 0.3 is 6.03 Å². The number of anilines is 1. The molecule has 0 aliphatic carbocycles. The largest absolute Gasteiger partial charge is 0.325 e. The molecule has 0 saturated carbocycles. The van der Waals surface area contributed by atoms with Crippen molar-refractivity contribution < 1.29 is 18.8 Å². The van der Waals surface area contributed by atoms with Gasteiger partial charge in [-0.1, -0.05) is 44.0 Å². The molecule has 0 bridgehead atoms. The van der Waals surface area contributed by atoms with Crippen LogP contribution in [0.5, 0.6) is 0 Å². The molecule has 0 unspecified atom stereocenters. The van der Waals surface area contributed by atoms with E-state index in [0.29, 0.717) is 24.1 Å². The first-order chi connectivity index (χ1) is 14.3. The molecular weight excluding hydrogens is 385 g/mol. The summed E-state index contributed by atoms with van der Waals surface area (Å²) in [5.41, 5.74) is 1.81. The lowest BCUT2D eigenvalue weighted by atomic mass is 9.85. The Kier molecular flexibility index (Phi) is 6.20. The predicted molar refractivity (Wildman–Crippen MR) is 112 cm³/mol. The minimum absolute atomic E-state index is 0.370. The van der Waals surface area contributed by atoms with Crippen molar-refractivity contribution in [3.05, 3.63) is 65.0 Å². The summed E-state index contributed by atoms with van der Waals surface area (Å²) < 4.78 is 13.4. The van der Waals surface area contributed by atoms with Crippen molar-refractivity contribution in [1.29, 1.82) is 0 Å². The fraction of sp³-hybridized carbons (Fsp3) is 0.348. The van der Waals surface area contributed by atoms with Crippen LogP contribution in [0.15, 0.2) is 42.5 Å². The van der Waals surface area contributed by atoms with Gasteiger partial charge in [-0.3, -0.25) is 14.5 Å². The zero-order chi connectivity index (χ0) is 21.9. The third kappa shape index (κ3) is 4.06. The molecule has 1 aliphatic rings. The van der Waals surface area contributed by atoms with Crippen LogP contribution < -0.4 is 10.6 Å². The van der Waals surface area contributed by atoms with Crippen LogP contribution in [-0.2, 0) is 15.1 Å². The average Bonchev–Trinajstić information content (AvgIpc) is 2.95. The number of aryl methyl sites for hydroxylation is 1. The van der Waals surface area contributed by atoms with E-state index < -0.39 is 35.7 Å². The van der Waals surface area contributed by atoms with Crippen LogP contribution in [0.3, 0.4) is 0 Å². The molecule has 7 heteroatoms.